The van der Waals surface area contributed by atoms with E-state index >= 15 is 0 Å². The van der Waals surface area contributed by atoms with Gasteiger partial charge in [-0.2, -0.15) is 0 Å². The molecule has 0 aromatic carbocycles. The van der Waals surface area contributed by atoms with Crippen molar-refractivity contribution in [3.63, 3.8) is 0 Å². The van der Waals surface area contributed by atoms with Crippen molar-refractivity contribution in [2.45, 2.75) is 12.4 Å². The average Bonchev–Trinajstić information content (AvgIpc) is 2.47. The second kappa shape index (κ2) is 2.30. The van der Waals surface area contributed by atoms with Gasteiger partial charge < -0.3 is 19.7 Å². The molecule has 9 heavy (non-hydrogen) atoms. The fourth-order valence-electron chi connectivity index (χ4n) is 0.474. The Balaban J connectivity index is 2.17. The molecule has 0 spiro atoms. The summed E-state index contributed by atoms with van der Waals surface area (Å²) in [4.78, 5) is 9.96. The van der Waals surface area contributed by atoms with E-state index in [2.05, 4.69) is 9.47 Å². The van der Waals surface area contributed by atoms with Crippen LogP contribution in [-0.4, -0.2) is 35.4 Å². The molecule has 0 amide bonds. The second-order valence-corrected chi connectivity index (χ2v) is 1.56. The largest absolute Gasteiger partial charge is 0.479 e. The number of aliphatic hydroxyl groups excluding tert-OH is 1. The lowest BCUT2D eigenvalue weighted by Gasteiger charge is -1.88. The second-order valence-electron chi connectivity index (χ2n) is 1.56. The molecule has 1 aliphatic rings. The van der Waals surface area contributed by atoms with Gasteiger partial charge in [0.25, 0.3) is 0 Å². The average molecular weight is 134 g/mol. The third kappa shape index (κ3) is 1.38. The number of hydrogen-bond donors (Lipinski definition) is 2. The zero-order chi connectivity index (χ0) is 6.85. The van der Waals surface area contributed by atoms with Crippen molar-refractivity contribution in [2.24, 2.45) is 0 Å². The number of hydrogen-bond acceptors (Lipinski definition) is 4. The number of ether oxygens (including phenoxy) is 2. The van der Waals surface area contributed by atoms with Crippen molar-refractivity contribution < 1.29 is 24.5 Å². The molecule has 5 heteroatoms. The van der Waals surface area contributed by atoms with Gasteiger partial charge in [-0.15, -0.1) is 0 Å². The van der Waals surface area contributed by atoms with Crippen LogP contribution in [0.15, 0.2) is 0 Å². The molecule has 0 aromatic heterocycles. The molecule has 1 rings (SSSR count). The third-order valence-electron chi connectivity index (χ3n) is 0.934. The maximum absolute atomic E-state index is 9.96. The smallest absolute Gasteiger partial charge is 0.338 e. The standard InChI is InChI=1S/C4H6O5/c5-1-8-4-2(9-4)3(6)7/h2,4-5H,1H2,(H,6,7). The van der Waals surface area contributed by atoms with Crippen LogP contribution in [0.1, 0.15) is 0 Å². The Hall–Kier alpha value is -0.650. The van der Waals surface area contributed by atoms with Gasteiger partial charge >= 0.3 is 5.97 Å². The maximum Gasteiger partial charge on any atom is 0.338 e. The van der Waals surface area contributed by atoms with Gasteiger partial charge in [-0.05, 0) is 0 Å². The third-order valence-corrected chi connectivity index (χ3v) is 0.934. The van der Waals surface area contributed by atoms with Crippen LogP contribution in [0, 0.1) is 0 Å². The SMILES string of the molecule is O=C(O)C1OC1OCO. The molecule has 2 atom stereocenters. The van der Waals surface area contributed by atoms with Crippen LogP contribution < -0.4 is 0 Å². The Morgan fingerprint density at radius 3 is 2.78 bits per heavy atom. The van der Waals surface area contributed by atoms with Crippen LogP contribution >= 0.6 is 0 Å². The highest BCUT2D eigenvalue weighted by molar-refractivity contribution is 5.75. The lowest BCUT2D eigenvalue weighted by Crippen LogP contribution is -2.10. The Morgan fingerprint density at radius 1 is 1.78 bits per heavy atom. The van der Waals surface area contributed by atoms with E-state index in [1.165, 1.54) is 0 Å². The summed E-state index contributed by atoms with van der Waals surface area (Å²) in [5, 5.41) is 16.2. The molecule has 2 N–H and O–H groups in total. The van der Waals surface area contributed by atoms with Gasteiger partial charge in [-0.1, -0.05) is 0 Å². The normalized spacial score (nSPS) is 32.1. The molecule has 0 radical (unpaired) electrons. The van der Waals surface area contributed by atoms with Crippen LogP contribution in [0.25, 0.3) is 0 Å². The number of aliphatic carboxylic acids is 1. The summed E-state index contributed by atoms with van der Waals surface area (Å²) >= 11 is 0. The molecule has 2 unspecified atom stereocenters. The van der Waals surface area contributed by atoms with Crippen LogP contribution in [0.2, 0.25) is 0 Å². The van der Waals surface area contributed by atoms with E-state index in [1.807, 2.05) is 0 Å². The number of aliphatic hydroxyl groups is 1. The summed E-state index contributed by atoms with van der Waals surface area (Å²) in [6.07, 6.45) is -1.62. The fraction of sp³-hybridized carbons (Fsp3) is 0.750. The van der Waals surface area contributed by atoms with Gasteiger partial charge in [-0.3, -0.25) is 0 Å². The van der Waals surface area contributed by atoms with Crippen LogP contribution in [0.5, 0.6) is 0 Å². The van der Waals surface area contributed by atoms with Gasteiger partial charge in [0.2, 0.25) is 6.10 Å². The molecular weight excluding hydrogens is 128 g/mol. The Morgan fingerprint density at radius 2 is 2.44 bits per heavy atom. The van der Waals surface area contributed by atoms with Crippen molar-refractivity contribution >= 4 is 5.97 Å². The van der Waals surface area contributed by atoms with Crippen molar-refractivity contribution in [2.75, 3.05) is 6.79 Å². The Labute approximate surface area is 50.8 Å². The van der Waals surface area contributed by atoms with Gasteiger partial charge in [0, 0.05) is 0 Å². The monoisotopic (exact) mass is 134 g/mol. The van der Waals surface area contributed by atoms with E-state index in [1.54, 1.807) is 0 Å². The molecule has 0 bridgehead atoms. The number of carbonyl (C=O) groups is 1. The molecule has 1 heterocycles. The van der Waals surface area contributed by atoms with E-state index in [0.29, 0.717) is 0 Å². The quantitative estimate of drug-likeness (QED) is 0.373. The minimum absolute atomic E-state index is 0.506. The molecule has 1 fully saturated rings. The highest BCUT2D eigenvalue weighted by Crippen LogP contribution is 2.22. The number of carboxylic acid groups (broad SMARTS) is 1. The lowest BCUT2D eigenvalue weighted by molar-refractivity contribution is -0.138. The minimum Gasteiger partial charge on any atom is -0.479 e. The van der Waals surface area contributed by atoms with Gasteiger partial charge in [0.05, 0.1) is 0 Å². The predicted octanol–water partition coefficient (Wildman–Crippen LogP) is -1.24. The molecule has 1 saturated heterocycles. The van der Waals surface area contributed by atoms with E-state index in [9.17, 15) is 4.79 Å². The number of epoxide rings is 1. The Kier molecular flexibility index (Phi) is 1.65. The van der Waals surface area contributed by atoms with E-state index < -0.39 is 25.2 Å². The molecule has 1 aliphatic heterocycles. The molecule has 0 aliphatic carbocycles. The van der Waals surface area contributed by atoms with E-state index in [4.69, 9.17) is 10.2 Å². The highest BCUT2D eigenvalue weighted by atomic mass is 16.8. The van der Waals surface area contributed by atoms with Crippen LogP contribution in [-0.2, 0) is 14.3 Å². The fourth-order valence-corrected chi connectivity index (χ4v) is 0.474. The summed E-state index contributed by atoms with van der Waals surface area (Å²) in [5.74, 6) is -1.06. The summed E-state index contributed by atoms with van der Waals surface area (Å²) in [6.45, 7) is -0.506. The zero-order valence-electron chi connectivity index (χ0n) is 4.48. The predicted molar refractivity (Wildman–Crippen MR) is 24.5 cm³/mol. The number of carboxylic acids is 1. The van der Waals surface area contributed by atoms with Crippen LogP contribution in [0.4, 0.5) is 0 Å². The van der Waals surface area contributed by atoms with E-state index in [0.717, 1.165) is 0 Å². The lowest BCUT2D eigenvalue weighted by atomic mass is 10.5. The molecule has 52 valence electrons. The first-order valence-corrected chi connectivity index (χ1v) is 2.36. The zero-order valence-corrected chi connectivity index (χ0v) is 4.48. The van der Waals surface area contributed by atoms with Crippen molar-refractivity contribution in [3.8, 4) is 0 Å². The van der Waals surface area contributed by atoms with Crippen molar-refractivity contribution in [1.29, 1.82) is 0 Å². The van der Waals surface area contributed by atoms with E-state index in [-0.39, 0.29) is 0 Å². The first kappa shape index (κ1) is 6.47. The van der Waals surface area contributed by atoms with Gasteiger partial charge in [0.15, 0.2) is 6.29 Å². The first-order valence-electron chi connectivity index (χ1n) is 2.36. The Bertz CT molecular complexity index is 122. The summed E-state index contributed by atoms with van der Waals surface area (Å²) in [5.41, 5.74) is 0. The first-order chi connectivity index (χ1) is 4.25. The van der Waals surface area contributed by atoms with Crippen LogP contribution in [0.3, 0.4) is 0 Å². The topological polar surface area (TPSA) is 79.3 Å². The highest BCUT2D eigenvalue weighted by Gasteiger charge is 2.46. The summed E-state index contributed by atoms with van der Waals surface area (Å²) in [6, 6.07) is 0. The van der Waals surface area contributed by atoms with Gasteiger partial charge in [-0.25, -0.2) is 4.79 Å². The maximum atomic E-state index is 9.96. The molecule has 0 aromatic rings. The van der Waals surface area contributed by atoms with Crippen molar-refractivity contribution in [3.05, 3.63) is 0 Å². The van der Waals surface area contributed by atoms with Crippen molar-refractivity contribution in [1.82, 2.24) is 0 Å². The summed E-state index contributed by atoms with van der Waals surface area (Å²) in [7, 11) is 0. The summed E-state index contributed by atoms with van der Waals surface area (Å²) < 4.78 is 8.82. The van der Waals surface area contributed by atoms with Gasteiger partial charge in [0.1, 0.15) is 6.79 Å². The molecule has 0 saturated carbocycles. The number of rotatable bonds is 3. The molecular formula is C4H6O5. The molecule has 5 nitrogen and oxygen atoms in total. The minimum atomic E-state index is -1.06.